The maximum Gasteiger partial charge on any atom is 0.224 e. The number of carbonyl (C=O) groups excluding carboxylic acids is 1. The Balaban J connectivity index is 0.00000154. The maximum atomic E-state index is 11.6. The van der Waals surface area contributed by atoms with Crippen molar-refractivity contribution in [2.45, 2.75) is 34.6 Å². The van der Waals surface area contributed by atoms with E-state index in [1.54, 1.807) is 11.8 Å². The van der Waals surface area contributed by atoms with Crippen LogP contribution in [0.15, 0.2) is 41.3 Å². The number of rotatable bonds is 5. The molecular weight excluding hydrogens is 238 g/mol. The monoisotopic (exact) mass is 263 g/mol. The number of allylic oxidation sites excluding steroid dienone is 4. The summed E-state index contributed by atoms with van der Waals surface area (Å²) in [5.41, 5.74) is 4.99. The summed E-state index contributed by atoms with van der Waals surface area (Å²) in [6, 6.07) is 0. The van der Waals surface area contributed by atoms with Crippen LogP contribution in [-0.4, -0.2) is 30.6 Å². The molecule has 1 aliphatic rings. The Morgan fingerprint density at radius 3 is 2.68 bits per heavy atom. The molecule has 1 rings (SSSR count). The molecule has 0 aromatic heterocycles. The molecule has 0 aliphatic heterocycles. The molecule has 0 radical (unpaired) electrons. The van der Waals surface area contributed by atoms with Gasteiger partial charge in [0.1, 0.15) is 0 Å². The van der Waals surface area contributed by atoms with E-state index in [4.69, 9.17) is 4.74 Å². The molecule has 1 amide bonds. The van der Waals surface area contributed by atoms with Gasteiger partial charge in [0, 0.05) is 20.1 Å². The van der Waals surface area contributed by atoms with Crippen molar-refractivity contribution in [1.82, 2.24) is 4.90 Å². The zero-order chi connectivity index (χ0) is 14.7. The number of hydrogen-bond acceptors (Lipinski definition) is 2. The first kappa shape index (κ1) is 17.4. The fraction of sp³-hybridized carbons (Fsp3) is 0.500. The second-order valence-corrected chi connectivity index (χ2v) is 3.81. The fourth-order valence-electron chi connectivity index (χ4n) is 1.54. The van der Waals surface area contributed by atoms with E-state index in [0.717, 1.165) is 11.3 Å². The van der Waals surface area contributed by atoms with E-state index in [0.29, 0.717) is 19.8 Å². The quantitative estimate of drug-likeness (QED) is 0.561. The average Bonchev–Trinajstić information content (AvgIpc) is 2.61. The summed E-state index contributed by atoms with van der Waals surface area (Å²) in [6.07, 6.45) is 7.67. The number of nitrogens with zero attached hydrogens (tertiary/aromatic N) is 1. The van der Waals surface area contributed by atoms with Gasteiger partial charge in [0.15, 0.2) is 0 Å². The summed E-state index contributed by atoms with van der Waals surface area (Å²) >= 11 is 0. The Labute approximate surface area is 116 Å². The Kier molecular flexibility index (Phi) is 9.51. The Bertz CT molecular complexity index is 399. The minimum Gasteiger partial charge on any atom is -0.380 e. The van der Waals surface area contributed by atoms with Gasteiger partial charge in [-0.15, -0.1) is 0 Å². The van der Waals surface area contributed by atoms with Crippen LogP contribution < -0.4 is 0 Å². The van der Waals surface area contributed by atoms with E-state index in [1.165, 1.54) is 0 Å². The van der Waals surface area contributed by atoms with Gasteiger partial charge in [-0.2, -0.15) is 0 Å². The van der Waals surface area contributed by atoms with Crippen molar-refractivity contribution in [1.29, 1.82) is 0 Å². The van der Waals surface area contributed by atoms with Crippen molar-refractivity contribution >= 4 is 5.91 Å². The first-order valence-corrected chi connectivity index (χ1v) is 6.82. The van der Waals surface area contributed by atoms with E-state index in [-0.39, 0.29) is 5.91 Å². The van der Waals surface area contributed by atoms with Crippen LogP contribution in [0.5, 0.6) is 0 Å². The van der Waals surface area contributed by atoms with Gasteiger partial charge in [-0.25, -0.2) is 0 Å². The van der Waals surface area contributed by atoms with Gasteiger partial charge in [0.25, 0.3) is 0 Å². The van der Waals surface area contributed by atoms with Crippen molar-refractivity contribution < 1.29 is 9.53 Å². The SMILES string of the molecule is CC.CCOCCN(C(C)=O)C1=C=CC=CC(C)=C1. The van der Waals surface area contributed by atoms with Gasteiger partial charge in [-0.3, -0.25) is 4.79 Å². The van der Waals surface area contributed by atoms with Crippen LogP contribution in [0.1, 0.15) is 34.6 Å². The highest BCUT2D eigenvalue weighted by atomic mass is 16.5. The van der Waals surface area contributed by atoms with Crippen molar-refractivity contribution in [2.75, 3.05) is 19.8 Å². The number of hydrogen-bond donors (Lipinski definition) is 0. The molecule has 19 heavy (non-hydrogen) atoms. The van der Waals surface area contributed by atoms with Crippen LogP contribution in [0.2, 0.25) is 0 Å². The second kappa shape index (κ2) is 10.4. The lowest BCUT2D eigenvalue weighted by molar-refractivity contribution is -0.127. The van der Waals surface area contributed by atoms with Gasteiger partial charge < -0.3 is 9.64 Å². The predicted molar refractivity (Wildman–Crippen MR) is 79.7 cm³/mol. The van der Waals surface area contributed by atoms with E-state index < -0.39 is 0 Å². The Morgan fingerprint density at radius 2 is 2.11 bits per heavy atom. The zero-order valence-corrected chi connectivity index (χ0v) is 12.7. The molecule has 0 saturated heterocycles. The highest BCUT2D eigenvalue weighted by molar-refractivity contribution is 5.76. The molecule has 0 saturated carbocycles. The van der Waals surface area contributed by atoms with E-state index in [1.807, 2.05) is 52.0 Å². The lowest BCUT2D eigenvalue weighted by Gasteiger charge is -2.20. The molecule has 0 heterocycles. The standard InChI is InChI=1S/C14H19NO2.C2H6/c1-4-17-10-9-15(13(3)16)14-8-6-5-7-12(2)11-14;1-2/h5-7,11H,4,9-10H2,1-3H3;1-2H3. The summed E-state index contributed by atoms with van der Waals surface area (Å²) in [6.45, 7) is 11.3. The van der Waals surface area contributed by atoms with E-state index in [9.17, 15) is 4.79 Å². The van der Waals surface area contributed by atoms with Crippen molar-refractivity contribution in [3.8, 4) is 0 Å². The van der Waals surface area contributed by atoms with Gasteiger partial charge in [-0.1, -0.05) is 31.7 Å². The Hall–Kier alpha value is -1.57. The highest BCUT2D eigenvalue weighted by Crippen LogP contribution is 2.11. The lowest BCUT2D eigenvalue weighted by Crippen LogP contribution is -2.30. The predicted octanol–water partition coefficient (Wildman–Crippen LogP) is 3.45. The summed E-state index contributed by atoms with van der Waals surface area (Å²) in [5.74, 6) is 0.00607. The van der Waals surface area contributed by atoms with Gasteiger partial charge in [0.05, 0.1) is 12.3 Å². The summed E-state index contributed by atoms with van der Waals surface area (Å²) in [5, 5.41) is 0. The smallest absolute Gasteiger partial charge is 0.224 e. The summed E-state index contributed by atoms with van der Waals surface area (Å²) in [4.78, 5) is 13.3. The van der Waals surface area contributed by atoms with Gasteiger partial charge >= 0.3 is 0 Å². The zero-order valence-electron chi connectivity index (χ0n) is 12.7. The normalized spacial score (nSPS) is 12.9. The summed E-state index contributed by atoms with van der Waals surface area (Å²) in [7, 11) is 0. The minimum atomic E-state index is 0.00607. The maximum absolute atomic E-state index is 11.6. The Morgan fingerprint density at radius 1 is 1.42 bits per heavy atom. The van der Waals surface area contributed by atoms with Crippen molar-refractivity contribution in [3.05, 3.63) is 41.3 Å². The molecule has 0 aromatic rings. The van der Waals surface area contributed by atoms with E-state index >= 15 is 0 Å². The molecule has 0 fully saturated rings. The third-order valence-electron chi connectivity index (χ3n) is 2.39. The molecule has 106 valence electrons. The number of carbonyl (C=O) groups is 1. The first-order chi connectivity index (χ1) is 9.15. The average molecular weight is 263 g/mol. The number of ether oxygens (including phenoxy) is 1. The molecule has 0 bridgehead atoms. The highest BCUT2D eigenvalue weighted by Gasteiger charge is 2.12. The third kappa shape index (κ3) is 6.80. The number of amides is 1. The molecule has 0 N–H and O–H groups in total. The first-order valence-electron chi connectivity index (χ1n) is 6.82. The molecule has 0 unspecified atom stereocenters. The van der Waals surface area contributed by atoms with Crippen LogP contribution >= 0.6 is 0 Å². The molecule has 0 atom stereocenters. The second-order valence-electron chi connectivity index (χ2n) is 3.81. The van der Waals surface area contributed by atoms with E-state index in [2.05, 4.69) is 5.73 Å². The van der Waals surface area contributed by atoms with Crippen LogP contribution in [0.25, 0.3) is 0 Å². The van der Waals surface area contributed by atoms with Crippen molar-refractivity contribution in [3.63, 3.8) is 0 Å². The van der Waals surface area contributed by atoms with Crippen LogP contribution in [-0.2, 0) is 9.53 Å². The minimum absolute atomic E-state index is 0.00607. The molecule has 3 heteroatoms. The van der Waals surface area contributed by atoms with Crippen LogP contribution in [0.3, 0.4) is 0 Å². The molecule has 0 spiro atoms. The van der Waals surface area contributed by atoms with Crippen LogP contribution in [0, 0.1) is 0 Å². The molecular formula is C16H25NO2. The van der Waals surface area contributed by atoms with Gasteiger partial charge in [0.2, 0.25) is 5.91 Å². The lowest BCUT2D eigenvalue weighted by atomic mass is 10.2. The molecule has 3 nitrogen and oxygen atoms in total. The largest absolute Gasteiger partial charge is 0.380 e. The summed E-state index contributed by atoms with van der Waals surface area (Å²) < 4.78 is 5.28. The fourth-order valence-corrected chi connectivity index (χ4v) is 1.54. The topological polar surface area (TPSA) is 29.5 Å². The van der Waals surface area contributed by atoms with Crippen molar-refractivity contribution in [2.24, 2.45) is 0 Å². The molecule has 1 aliphatic carbocycles. The van der Waals surface area contributed by atoms with Gasteiger partial charge in [-0.05, 0) is 31.6 Å². The molecule has 0 aromatic carbocycles. The third-order valence-corrected chi connectivity index (χ3v) is 2.39. The van der Waals surface area contributed by atoms with Crippen LogP contribution in [0.4, 0.5) is 0 Å².